The standard InChI is InChI=1S/C15H31N/c1-3-5-6-7-8-11-14(4-2)16-15-12-9-10-13-15/h14-16H,3-13H2,1-2H3. The first-order chi connectivity index (χ1) is 7.86. The first kappa shape index (κ1) is 14.0. The summed E-state index contributed by atoms with van der Waals surface area (Å²) < 4.78 is 0. The molecule has 1 atom stereocenters. The Bertz CT molecular complexity index is 150. The van der Waals surface area contributed by atoms with E-state index in [0.717, 1.165) is 12.1 Å². The molecule has 1 heteroatoms. The molecule has 1 N–H and O–H groups in total. The van der Waals surface area contributed by atoms with E-state index in [9.17, 15) is 0 Å². The van der Waals surface area contributed by atoms with Crippen molar-refractivity contribution in [3.8, 4) is 0 Å². The summed E-state index contributed by atoms with van der Waals surface area (Å²) in [6, 6.07) is 1.64. The van der Waals surface area contributed by atoms with Crippen LogP contribution in [0.15, 0.2) is 0 Å². The Morgan fingerprint density at radius 2 is 1.69 bits per heavy atom. The monoisotopic (exact) mass is 225 g/mol. The van der Waals surface area contributed by atoms with Crippen molar-refractivity contribution < 1.29 is 0 Å². The predicted molar refractivity (Wildman–Crippen MR) is 72.8 cm³/mol. The van der Waals surface area contributed by atoms with E-state index >= 15 is 0 Å². The number of unbranched alkanes of at least 4 members (excludes halogenated alkanes) is 4. The second-order valence-corrected chi connectivity index (χ2v) is 5.46. The van der Waals surface area contributed by atoms with Crippen molar-refractivity contribution in [2.75, 3.05) is 0 Å². The third-order valence-electron chi connectivity index (χ3n) is 3.98. The Labute approximate surface area is 102 Å². The first-order valence-corrected chi connectivity index (χ1v) is 7.62. The van der Waals surface area contributed by atoms with Crippen molar-refractivity contribution in [3.63, 3.8) is 0 Å². The van der Waals surface area contributed by atoms with Gasteiger partial charge >= 0.3 is 0 Å². The minimum absolute atomic E-state index is 0.796. The van der Waals surface area contributed by atoms with Crippen LogP contribution in [-0.4, -0.2) is 12.1 Å². The summed E-state index contributed by atoms with van der Waals surface area (Å²) in [5.74, 6) is 0. The van der Waals surface area contributed by atoms with E-state index < -0.39 is 0 Å². The van der Waals surface area contributed by atoms with Crippen LogP contribution in [0.3, 0.4) is 0 Å². The van der Waals surface area contributed by atoms with E-state index in [1.54, 1.807) is 0 Å². The molecule has 1 aliphatic carbocycles. The molecule has 1 rings (SSSR count). The van der Waals surface area contributed by atoms with Gasteiger partial charge in [0, 0.05) is 12.1 Å². The molecule has 0 radical (unpaired) electrons. The number of hydrogen-bond acceptors (Lipinski definition) is 1. The van der Waals surface area contributed by atoms with Crippen LogP contribution in [0, 0.1) is 0 Å². The fourth-order valence-electron chi connectivity index (χ4n) is 2.83. The Kier molecular flexibility index (Phi) is 7.92. The molecule has 0 saturated heterocycles. The zero-order valence-electron chi connectivity index (χ0n) is 11.4. The molecule has 16 heavy (non-hydrogen) atoms. The smallest absolute Gasteiger partial charge is 0.00696 e. The summed E-state index contributed by atoms with van der Waals surface area (Å²) in [7, 11) is 0. The molecule has 0 aliphatic heterocycles. The van der Waals surface area contributed by atoms with E-state index in [0.29, 0.717) is 0 Å². The second-order valence-electron chi connectivity index (χ2n) is 5.46. The first-order valence-electron chi connectivity index (χ1n) is 7.62. The molecule has 1 saturated carbocycles. The molecular formula is C15H31N. The van der Waals surface area contributed by atoms with E-state index in [1.165, 1.54) is 70.6 Å². The minimum Gasteiger partial charge on any atom is -0.311 e. The van der Waals surface area contributed by atoms with E-state index in [1.807, 2.05) is 0 Å². The lowest BCUT2D eigenvalue weighted by molar-refractivity contribution is 0.388. The van der Waals surface area contributed by atoms with Gasteiger partial charge in [-0.3, -0.25) is 0 Å². The van der Waals surface area contributed by atoms with Gasteiger partial charge in [0.25, 0.3) is 0 Å². The van der Waals surface area contributed by atoms with Crippen LogP contribution in [0.25, 0.3) is 0 Å². The summed E-state index contributed by atoms with van der Waals surface area (Å²) in [4.78, 5) is 0. The molecule has 1 fully saturated rings. The number of rotatable bonds is 9. The summed E-state index contributed by atoms with van der Waals surface area (Å²) in [5, 5.41) is 3.86. The highest BCUT2D eigenvalue weighted by atomic mass is 14.9. The highest BCUT2D eigenvalue weighted by Gasteiger charge is 2.17. The van der Waals surface area contributed by atoms with Crippen LogP contribution in [0.1, 0.15) is 84.5 Å². The second kappa shape index (κ2) is 9.04. The van der Waals surface area contributed by atoms with Crippen molar-refractivity contribution >= 4 is 0 Å². The Morgan fingerprint density at radius 1 is 1.00 bits per heavy atom. The summed E-state index contributed by atoms with van der Waals surface area (Å²) in [5.41, 5.74) is 0. The molecule has 0 aromatic heterocycles. The van der Waals surface area contributed by atoms with Crippen molar-refractivity contribution in [1.29, 1.82) is 0 Å². The maximum absolute atomic E-state index is 3.86. The van der Waals surface area contributed by atoms with Crippen molar-refractivity contribution in [2.24, 2.45) is 0 Å². The van der Waals surface area contributed by atoms with Gasteiger partial charge in [-0.15, -0.1) is 0 Å². The molecule has 1 unspecified atom stereocenters. The lowest BCUT2D eigenvalue weighted by Gasteiger charge is -2.21. The molecule has 0 bridgehead atoms. The van der Waals surface area contributed by atoms with Gasteiger partial charge in [0.15, 0.2) is 0 Å². The van der Waals surface area contributed by atoms with Crippen LogP contribution in [0.4, 0.5) is 0 Å². The van der Waals surface area contributed by atoms with Gasteiger partial charge in [-0.2, -0.15) is 0 Å². The summed E-state index contributed by atoms with van der Waals surface area (Å²) in [6.07, 6.45) is 15.5. The molecule has 0 aromatic carbocycles. The van der Waals surface area contributed by atoms with Crippen LogP contribution in [-0.2, 0) is 0 Å². The normalized spacial score (nSPS) is 19.1. The molecular weight excluding hydrogens is 194 g/mol. The quantitative estimate of drug-likeness (QED) is 0.563. The predicted octanol–water partition coefficient (Wildman–Crippen LogP) is 4.66. The molecule has 1 aliphatic rings. The molecule has 0 spiro atoms. The largest absolute Gasteiger partial charge is 0.311 e. The highest BCUT2D eigenvalue weighted by molar-refractivity contribution is 4.78. The average Bonchev–Trinajstić information content (AvgIpc) is 2.80. The molecule has 0 heterocycles. The van der Waals surface area contributed by atoms with Gasteiger partial charge in [-0.05, 0) is 25.7 Å². The van der Waals surface area contributed by atoms with Gasteiger partial charge in [0.05, 0.1) is 0 Å². The highest BCUT2D eigenvalue weighted by Crippen LogP contribution is 2.19. The van der Waals surface area contributed by atoms with Crippen molar-refractivity contribution in [3.05, 3.63) is 0 Å². The third kappa shape index (κ3) is 5.89. The van der Waals surface area contributed by atoms with E-state index in [4.69, 9.17) is 0 Å². The van der Waals surface area contributed by atoms with E-state index in [2.05, 4.69) is 19.2 Å². The molecule has 0 aromatic rings. The van der Waals surface area contributed by atoms with Gasteiger partial charge < -0.3 is 5.32 Å². The topological polar surface area (TPSA) is 12.0 Å². The number of hydrogen-bond donors (Lipinski definition) is 1. The Balaban J connectivity index is 2.01. The minimum atomic E-state index is 0.796. The maximum atomic E-state index is 3.86. The SMILES string of the molecule is CCCCCCCC(CC)NC1CCCC1. The van der Waals surface area contributed by atoms with Crippen molar-refractivity contribution in [2.45, 2.75) is 96.6 Å². The van der Waals surface area contributed by atoms with Gasteiger partial charge in [-0.25, -0.2) is 0 Å². The summed E-state index contributed by atoms with van der Waals surface area (Å²) >= 11 is 0. The maximum Gasteiger partial charge on any atom is 0.00696 e. The fraction of sp³-hybridized carbons (Fsp3) is 1.00. The Hall–Kier alpha value is -0.0400. The van der Waals surface area contributed by atoms with Gasteiger partial charge in [0.2, 0.25) is 0 Å². The lowest BCUT2D eigenvalue weighted by atomic mass is 10.0. The van der Waals surface area contributed by atoms with Crippen LogP contribution >= 0.6 is 0 Å². The van der Waals surface area contributed by atoms with Crippen molar-refractivity contribution in [1.82, 2.24) is 5.32 Å². The van der Waals surface area contributed by atoms with Crippen LogP contribution < -0.4 is 5.32 Å². The Morgan fingerprint density at radius 3 is 2.31 bits per heavy atom. The summed E-state index contributed by atoms with van der Waals surface area (Å²) in [6.45, 7) is 4.62. The van der Waals surface area contributed by atoms with E-state index in [-0.39, 0.29) is 0 Å². The third-order valence-corrected chi connectivity index (χ3v) is 3.98. The van der Waals surface area contributed by atoms with Crippen LogP contribution in [0.5, 0.6) is 0 Å². The zero-order valence-corrected chi connectivity index (χ0v) is 11.4. The van der Waals surface area contributed by atoms with Crippen LogP contribution in [0.2, 0.25) is 0 Å². The molecule has 96 valence electrons. The van der Waals surface area contributed by atoms with Gasteiger partial charge in [-0.1, -0.05) is 58.8 Å². The fourth-order valence-corrected chi connectivity index (χ4v) is 2.83. The number of nitrogens with one attached hydrogen (secondary N) is 1. The molecule has 0 amide bonds. The zero-order chi connectivity index (χ0) is 11.6. The molecule has 1 nitrogen and oxygen atoms in total. The average molecular weight is 225 g/mol. The van der Waals surface area contributed by atoms with Gasteiger partial charge in [0.1, 0.15) is 0 Å². The lowest BCUT2D eigenvalue weighted by Crippen LogP contribution is -2.36.